The van der Waals surface area contributed by atoms with E-state index in [4.69, 9.17) is 4.74 Å². The molecule has 0 aliphatic heterocycles. The molecule has 1 rings (SSSR count). The molecule has 92 valence electrons. The molecule has 1 atom stereocenters. The minimum Gasteiger partial charge on any atom is -0.444 e. The number of rotatable bonds is 2. The van der Waals surface area contributed by atoms with Gasteiger partial charge >= 0.3 is 6.09 Å². The molecule has 0 N–H and O–H groups in total. The fourth-order valence-electron chi connectivity index (χ4n) is 1.92. The predicted octanol–water partition coefficient (Wildman–Crippen LogP) is 3.35. The first-order valence-electron chi connectivity index (χ1n) is 6.08. The third-order valence-electron chi connectivity index (χ3n) is 2.65. The molecule has 1 amide bonds. The van der Waals surface area contributed by atoms with Crippen molar-refractivity contribution in [2.45, 2.75) is 58.6 Å². The van der Waals surface area contributed by atoms with Crippen LogP contribution in [0.2, 0.25) is 0 Å². The van der Waals surface area contributed by atoms with Crippen LogP contribution in [-0.2, 0) is 4.74 Å². The first kappa shape index (κ1) is 13.1. The van der Waals surface area contributed by atoms with E-state index in [0.717, 1.165) is 19.3 Å². The fourth-order valence-corrected chi connectivity index (χ4v) is 1.92. The van der Waals surface area contributed by atoms with Gasteiger partial charge in [-0.1, -0.05) is 12.2 Å². The topological polar surface area (TPSA) is 29.5 Å². The molecule has 0 aromatic rings. The van der Waals surface area contributed by atoms with Gasteiger partial charge in [-0.05, 0) is 47.0 Å². The van der Waals surface area contributed by atoms with E-state index in [1.807, 2.05) is 32.6 Å². The summed E-state index contributed by atoms with van der Waals surface area (Å²) in [6.45, 7) is 8.42. The van der Waals surface area contributed by atoms with E-state index in [1.54, 1.807) is 0 Å². The van der Waals surface area contributed by atoms with E-state index in [0.29, 0.717) is 12.6 Å². The molecule has 3 heteroatoms. The van der Waals surface area contributed by atoms with Gasteiger partial charge in [-0.25, -0.2) is 4.79 Å². The number of carbonyl (C=O) groups is 1. The van der Waals surface area contributed by atoms with Crippen molar-refractivity contribution < 1.29 is 9.53 Å². The number of nitrogens with zero attached hydrogens (tertiary/aromatic N) is 1. The SMILES string of the molecule is CCN(C(=O)OC(C)(C)C)C1CC=CCC1. The molecule has 1 unspecified atom stereocenters. The summed E-state index contributed by atoms with van der Waals surface area (Å²) in [5.74, 6) is 0. The Morgan fingerprint density at radius 3 is 2.56 bits per heavy atom. The largest absolute Gasteiger partial charge is 0.444 e. The molecule has 0 radical (unpaired) electrons. The molecule has 0 saturated heterocycles. The lowest BCUT2D eigenvalue weighted by Crippen LogP contribution is -2.43. The molecule has 1 aliphatic carbocycles. The van der Waals surface area contributed by atoms with Crippen LogP contribution < -0.4 is 0 Å². The lowest BCUT2D eigenvalue weighted by Gasteiger charge is -2.33. The van der Waals surface area contributed by atoms with Crippen molar-refractivity contribution >= 4 is 6.09 Å². The molecule has 0 heterocycles. The van der Waals surface area contributed by atoms with Crippen LogP contribution >= 0.6 is 0 Å². The summed E-state index contributed by atoms with van der Waals surface area (Å²) < 4.78 is 5.41. The third kappa shape index (κ3) is 3.87. The molecule has 0 bridgehead atoms. The monoisotopic (exact) mass is 225 g/mol. The summed E-state index contributed by atoms with van der Waals surface area (Å²) in [5, 5.41) is 0. The van der Waals surface area contributed by atoms with Crippen LogP contribution in [0.1, 0.15) is 47.0 Å². The number of hydrogen-bond acceptors (Lipinski definition) is 2. The van der Waals surface area contributed by atoms with Crippen LogP contribution in [0.25, 0.3) is 0 Å². The second kappa shape index (κ2) is 5.37. The second-order valence-electron chi connectivity index (χ2n) is 5.20. The minimum atomic E-state index is -0.408. The van der Waals surface area contributed by atoms with Crippen molar-refractivity contribution in [3.8, 4) is 0 Å². The molecule has 0 spiro atoms. The zero-order valence-electron chi connectivity index (χ0n) is 10.8. The van der Waals surface area contributed by atoms with Crippen LogP contribution in [0, 0.1) is 0 Å². The lowest BCUT2D eigenvalue weighted by molar-refractivity contribution is 0.0164. The maximum Gasteiger partial charge on any atom is 0.410 e. The van der Waals surface area contributed by atoms with Crippen LogP contribution in [0.15, 0.2) is 12.2 Å². The lowest BCUT2D eigenvalue weighted by atomic mass is 10.0. The fraction of sp³-hybridized carbons (Fsp3) is 0.769. The zero-order valence-corrected chi connectivity index (χ0v) is 10.8. The summed E-state index contributed by atoms with van der Waals surface area (Å²) in [5.41, 5.74) is -0.408. The van der Waals surface area contributed by atoms with Crippen molar-refractivity contribution in [3.05, 3.63) is 12.2 Å². The van der Waals surface area contributed by atoms with E-state index in [1.165, 1.54) is 0 Å². The second-order valence-corrected chi connectivity index (χ2v) is 5.20. The highest BCUT2D eigenvalue weighted by Gasteiger charge is 2.26. The van der Waals surface area contributed by atoms with Crippen molar-refractivity contribution in [2.75, 3.05) is 6.54 Å². The van der Waals surface area contributed by atoms with Gasteiger partial charge in [0.05, 0.1) is 0 Å². The quantitative estimate of drug-likeness (QED) is 0.674. The van der Waals surface area contributed by atoms with E-state index in [9.17, 15) is 4.79 Å². The van der Waals surface area contributed by atoms with E-state index >= 15 is 0 Å². The molecule has 0 fully saturated rings. The van der Waals surface area contributed by atoms with Crippen LogP contribution in [-0.4, -0.2) is 29.2 Å². The maximum atomic E-state index is 12.0. The van der Waals surface area contributed by atoms with Gasteiger partial charge in [0.25, 0.3) is 0 Å². The van der Waals surface area contributed by atoms with Gasteiger partial charge in [-0.15, -0.1) is 0 Å². The van der Waals surface area contributed by atoms with Gasteiger partial charge in [0, 0.05) is 12.6 Å². The number of amides is 1. The predicted molar refractivity (Wildman–Crippen MR) is 65.4 cm³/mol. The Balaban J connectivity index is 2.59. The normalized spacial score (nSPS) is 20.6. The van der Waals surface area contributed by atoms with Gasteiger partial charge in [0.1, 0.15) is 5.60 Å². The van der Waals surface area contributed by atoms with Gasteiger partial charge in [-0.2, -0.15) is 0 Å². The third-order valence-corrected chi connectivity index (χ3v) is 2.65. The molecular weight excluding hydrogens is 202 g/mol. The van der Waals surface area contributed by atoms with Crippen molar-refractivity contribution in [2.24, 2.45) is 0 Å². The number of allylic oxidation sites excluding steroid dienone is 1. The molecule has 0 aromatic carbocycles. The zero-order chi connectivity index (χ0) is 12.2. The van der Waals surface area contributed by atoms with Gasteiger partial charge in [0.15, 0.2) is 0 Å². The Kier molecular flexibility index (Phi) is 4.39. The Morgan fingerprint density at radius 1 is 1.44 bits per heavy atom. The standard InChI is InChI=1S/C13H23NO2/c1-5-14(11-9-7-6-8-10-11)12(15)16-13(2,3)4/h6-7,11H,5,8-10H2,1-4H3. The van der Waals surface area contributed by atoms with E-state index < -0.39 is 5.60 Å². The summed E-state index contributed by atoms with van der Waals surface area (Å²) in [4.78, 5) is 13.8. The van der Waals surface area contributed by atoms with Crippen molar-refractivity contribution in [1.29, 1.82) is 0 Å². The highest BCUT2D eigenvalue weighted by Crippen LogP contribution is 2.20. The Morgan fingerprint density at radius 2 is 2.12 bits per heavy atom. The average Bonchev–Trinajstić information content (AvgIpc) is 2.17. The molecule has 0 aromatic heterocycles. The molecular formula is C13H23NO2. The highest BCUT2D eigenvalue weighted by molar-refractivity contribution is 5.68. The van der Waals surface area contributed by atoms with Crippen LogP contribution in [0.5, 0.6) is 0 Å². The van der Waals surface area contributed by atoms with Crippen molar-refractivity contribution in [3.63, 3.8) is 0 Å². The Labute approximate surface area is 98.5 Å². The van der Waals surface area contributed by atoms with E-state index in [-0.39, 0.29) is 6.09 Å². The van der Waals surface area contributed by atoms with Crippen LogP contribution in [0.3, 0.4) is 0 Å². The first-order valence-corrected chi connectivity index (χ1v) is 6.08. The van der Waals surface area contributed by atoms with Gasteiger partial charge in [0.2, 0.25) is 0 Å². The number of ether oxygens (including phenoxy) is 1. The smallest absolute Gasteiger partial charge is 0.410 e. The van der Waals surface area contributed by atoms with Crippen molar-refractivity contribution in [1.82, 2.24) is 4.90 Å². The summed E-state index contributed by atoms with van der Waals surface area (Å²) in [6, 6.07) is 0.310. The minimum absolute atomic E-state index is 0.185. The van der Waals surface area contributed by atoms with Crippen LogP contribution in [0.4, 0.5) is 4.79 Å². The summed E-state index contributed by atoms with van der Waals surface area (Å²) in [7, 11) is 0. The molecule has 3 nitrogen and oxygen atoms in total. The summed E-state index contributed by atoms with van der Waals surface area (Å²) >= 11 is 0. The summed E-state index contributed by atoms with van der Waals surface area (Å²) in [6.07, 6.45) is 7.21. The molecule has 1 aliphatic rings. The highest BCUT2D eigenvalue weighted by atomic mass is 16.6. The molecule has 16 heavy (non-hydrogen) atoms. The Hall–Kier alpha value is -0.990. The van der Waals surface area contributed by atoms with Gasteiger partial charge in [-0.3, -0.25) is 0 Å². The van der Waals surface area contributed by atoms with Gasteiger partial charge < -0.3 is 9.64 Å². The first-order chi connectivity index (χ1) is 7.44. The maximum absolute atomic E-state index is 12.0. The molecule has 0 saturated carbocycles. The Bertz CT molecular complexity index is 266. The number of carbonyl (C=O) groups excluding carboxylic acids is 1. The average molecular weight is 225 g/mol. The number of hydrogen-bond donors (Lipinski definition) is 0. The van der Waals surface area contributed by atoms with E-state index in [2.05, 4.69) is 12.2 Å².